The third kappa shape index (κ3) is 7.01. The number of halogens is 3. The normalized spacial score (nSPS) is 12.0. The molecule has 0 spiro atoms. The SMILES string of the molecule is Cc1cccc(C(=O)Nc2cccc(SC(C(=O)Nc3cccc(C(F)(F)F)c3)c3ccccc3)c2)c1. The zero-order chi connectivity index (χ0) is 26.4. The van der Waals surface area contributed by atoms with E-state index in [4.69, 9.17) is 0 Å². The summed E-state index contributed by atoms with van der Waals surface area (Å²) in [6.07, 6.45) is -4.52. The van der Waals surface area contributed by atoms with E-state index in [-0.39, 0.29) is 11.6 Å². The molecular formula is C29H23F3N2O2S. The third-order valence-electron chi connectivity index (χ3n) is 5.42. The van der Waals surface area contributed by atoms with Crippen LogP contribution >= 0.6 is 11.8 Å². The molecular weight excluding hydrogens is 497 g/mol. The van der Waals surface area contributed by atoms with Crippen molar-refractivity contribution in [2.45, 2.75) is 23.2 Å². The summed E-state index contributed by atoms with van der Waals surface area (Å²) in [5, 5.41) is 4.73. The number of hydrogen-bond donors (Lipinski definition) is 2. The molecule has 1 atom stereocenters. The average Bonchev–Trinajstić information content (AvgIpc) is 2.87. The summed E-state index contributed by atoms with van der Waals surface area (Å²) in [6.45, 7) is 1.90. The molecule has 0 bridgehead atoms. The Balaban J connectivity index is 1.55. The van der Waals surface area contributed by atoms with Crippen molar-refractivity contribution in [3.8, 4) is 0 Å². The van der Waals surface area contributed by atoms with E-state index in [0.29, 0.717) is 21.7 Å². The summed E-state index contributed by atoms with van der Waals surface area (Å²) in [4.78, 5) is 26.6. The Morgan fingerprint density at radius 3 is 2.14 bits per heavy atom. The largest absolute Gasteiger partial charge is 0.416 e. The lowest BCUT2D eigenvalue weighted by atomic mass is 10.1. The zero-order valence-electron chi connectivity index (χ0n) is 19.8. The molecule has 2 amide bonds. The second-order valence-corrected chi connectivity index (χ2v) is 9.51. The maximum absolute atomic E-state index is 13.3. The minimum atomic E-state index is -4.52. The molecule has 0 aromatic heterocycles. The monoisotopic (exact) mass is 520 g/mol. The van der Waals surface area contributed by atoms with Gasteiger partial charge in [0.15, 0.2) is 0 Å². The van der Waals surface area contributed by atoms with E-state index in [2.05, 4.69) is 10.6 Å². The van der Waals surface area contributed by atoms with Crippen LogP contribution in [0.3, 0.4) is 0 Å². The van der Waals surface area contributed by atoms with Gasteiger partial charge in [-0.2, -0.15) is 13.2 Å². The molecule has 4 aromatic carbocycles. The number of carbonyl (C=O) groups is 2. The number of amides is 2. The lowest BCUT2D eigenvalue weighted by molar-refractivity contribution is -0.137. The van der Waals surface area contributed by atoms with Crippen molar-refractivity contribution in [3.05, 3.63) is 125 Å². The number of carbonyl (C=O) groups excluding carboxylic acids is 2. The van der Waals surface area contributed by atoms with Gasteiger partial charge in [0, 0.05) is 21.8 Å². The molecule has 0 radical (unpaired) electrons. The highest BCUT2D eigenvalue weighted by atomic mass is 32.2. The molecule has 1 unspecified atom stereocenters. The first-order valence-corrected chi connectivity index (χ1v) is 12.2. The predicted molar refractivity (Wildman–Crippen MR) is 141 cm³/mol. The molecule has 188 valence electrons. The van der Waals surface area contributed by atoms with Gasteiger partial charge in [-0.25, -0.2) is 0 Å². The molecule has 0 aliphatic heterocycles. The zero-order valence-corrected chi connectivity index (χ0v) is 20.6. The summed E-state index contributed by atoms with van der Waals surface area (Å²) >= 11 is 1.23. The number of anilines is 2. The van der Waals surface area contributed by atoms with Crippen molar-refractivity contribution in [2.75, 3.05) is 10.6 Å². The van der Waals surface area contributed by atoms with Gasteiger partial charge in [-0.15, -0.1) is 11.8 Å². The fourth-order valence-electron chi connectivity index (χ4n) is 3.65. The van der Waals surface area contributed by atoms with Gasteiger partial charge in [0.25, 0.3) is 5.91 Å². The summed E-state index contributed by atoms with van der Waals surface area (Å²) in [5.41, 5.74) is 1.95. The predicted octanol–water partition coefficient (Wildman–Crippen LogP) is 7.74. The Bertz CT molecular complexity index is 1410. The summed E-state index contributed by atoms with van der Waals surface area (Å²) in [5.74, 6) is -0.725. The summed E-state index contributed by atoms with van der Waals surface area (Å²) < 4.78 is 39.4. The summed E-state index contributed by atoms with van der Waals surface area (Å²) in [7, 11) is 0. The number of benzene rings is 4. The lowest BCUT2D eigenvalue weighted by Crippen LogP contribution is -2.19. The van der Waals surface area contributed by atoms with Gasteiger partial charge in [-0.05, 0) is 61.0 Å². The van der Waals surface area contributed by atoms with Crippen molar-refractivity contribution in [1.29, 1.82) is 0 Å². The molecule has 2 N–H and O–H groups in total. The standard InChI is InChI=1S/C29H23F3N2O2S/c1-19-8-5-11-21(16-19)27(35)33-24-14-7-15-25(18-24)37-26(20-9-3-2-4-10-20)28(36)34-23-13-6-12-22(17-23)29(30,31)32/h2-18,26H,1H3,(H,33,35)(H,34,36). The molecule has 0 saturated heterocycles. The second-order valence-electron chi connectivity index (χ2n) is 8.33. The van der Waals surface area contributed by atoms with Gasteiger partial charge in [0.1, 0.15) is 5.25 Å². The maximum atomic E-state index is 13.3. The molecule has 0 aliphatic rings. The van der Waals surface area contributed by atoms with E-state index in [1.807, 2.05) is 25.1 Å². The van der Waals surface area contributed by atoms with Crippen LogP contribution in [-0.2, 0) is 11.0 Å². The van der Waals surface area contributed by atoms with Crippen molar-refractivity contribution < 1.29 is 22.8 Å². The van der Waals surface area contributed by atoms with Gasteiger partial charge in [-0.1, -0.05) is 60.2 Å². The Kier molecular flexibility index (Phi) is 7.98. The Morgan fingerprint density at radius 2 is 1.43 bits per heavy atom. The van der Waals surface area contributed by atoms with E-state index in [0.717, 1.165) is 17.7 Å². The van der Waals surface area contributed by atoms with E-state index in [1.165, 1.54) is 23.9 Å². The Hall–Kier alpha value is -4.04. The highest BCUT2D eigenvalue weighted by Crippen LogP contribution is 2.38. The number of hydrogen-bond acceptors (Lipinski definition) is 3. The smallest absolute Gasteiger partial charge is 0.325 e. The van der Waals surface area contributed by atoms with Crippen LogP contribution in [0.4, 0.5) is 24.5 Å². The average molecular weight is 521 g/mol. The quantitative estimate of drug-likeness (QED) is 0.245. The van der Waals surface area contributed by atoms with Crippen LogP contribution < -0.4 is 10.6 Å². The number of thioether (sulfide) groups is 1. The van der Waals surface area contributed by atoms with Crippen molar-refractivity contribution in [2.24, 2.45) is 0 Å². The van der Waals surface area contributed by atoms with E-state index in [9.17, 15) is 22.8 Å². The van der Waals surface area contributed by atoms with E-state index < -0.39 is 22.9 Å². The fraction of sp³-hybridized carbons (Fsp3) is 0.103. The second kappa shape index (κ2) is 11.3. The van der Waals surface area contributed by atoms with E-state index in [1.54, 1.807) is 60.7 Å². The fourth-order valence-corrected chi connectivity index (χ4v) is 4.74. The van der Waals surface area contributed by atoms with Gasteiger partial charge in [0.2, 0.25) is 5.91 Å². The molecule has 0 aliphatic carbocycles. The van der Waals surface area contributed by atoms with Crippen LogP contribution in [-0.4, -0.2) is 11.8 Å². The molecule has 4 aromatic rings. The van der Waals surface area contributed by atoms with E-state index >= 15 is 0 Å². The first-order valence-electron chi connectivity index (χ1n) is 11.4. The lowest BCUT2D eigenvalue weighted by Gasteiger charge is -2.18. The Morgan fingerprint density at radius 1 is 0.757 bits per heavy atom. The van der Waals surface area contributed by atoms with Crippen molar-refractivity contribution in [1.82, 2.24) is 0 Å². The number of alkyl halides is 3. The first kappa shape index (κ1) is 26.0. The first-order chi connectivity index (χ1) is 17.7. The van der Waals surface area contributed by atoms with Crippen LogP contribution in [0.2, 0.25) is 0 Å². The van der Waals surface area contributed by atoms with Crippen LogP contribution in [0.1, 0.15) is 32.3 Å². The van der Waals surface area contributed by atoms with Gasteiger partial charge < -0.3 is 10.6 Å². The van der Waals surface area contributed by atoms with Crippen LogP contribution in [0, 0.1) is 6.92 Å². The minimum absolute atomic E-state index is 0.0560. The highest BCUT2D eigenvalue weighted by Gasteiger charge is 2.31. The molecule has 0 saturated carbocycles. The van der Waals surface area contributed by atoms with Gasteiger partial charge in [-0.3, -0.25) is 9.59 Å². The molecule has 4 nitrogen and oxygen atoms in total. The number of aryl methyl sites for hydroxylation is 1. The minimum Gasteiger partial charge on any atom is -0.325 e. The molecule has 0 heterocycles. The molecule has 0 fully saturated rings. The van der Waals surface area contributed by atoms with Crippen LogP contribution in [0.5, 0.6) is 0 Å². The van der Waals surface area contributed by atoms with Gasteiger partial charge >= 0.3 is 6.18 Å². The Labute approximate surface area is 216 Å². The highest BCUT2D eigenvalue weighted by molar-refractivity contribution is 8.00. The maximum Gasteiger partial charge on any atom is 0.416 e. The summed E-state index contributed by atoms with van der Waals surface area (Å²) in [6, 6.07) is 27.8. The van der Waals surface area contributed by atoms with Crippen LogP contribution in [0.25, 0.3) is 0 Å². The van der Waals surface area contributed by atoms with Crippen molar-refractivity contribution >= 4 is 35.0 Å². The molecule has 4 rings (SSSR count). The van der Waals surface area contributed by atoms with Crippen molar-refractivity contribution in [3.63, 3.8) is 0 Å². The molecule has 8 heteroatoms. The number of rotatable bonds is 7. The number of nitrogens with one attached hydrogen (secondary N) is 2. The van der Waals surface area contributed by atoms with Gasteiger partial charge in [0.05, 0.1) is 5.56 Å². The molecule has 37 heavy (non-hydrogen) atoms. The topological polar surface area (TPSA) is 58.2 Å². The van der Waals surface area contributed by atoms with Crippen LogP contribution in [0.15, 0.2) is 108 Å². The third-order valence-corrected chi connectivity index (χ3v) is 6.67.